The summed E-state index contributed by atoms with van der Waals surface area (Å²) < 4.78 is 33.1. The molecule has 2 atom stereocenters. The molecule has 2 aliphatic heterocycles. The molecule has 0 radical (unpaired) electrons. The third-order valence-electron chi connectivity index (χ3n) is 6.61. The summed E-state index contributed by atoms with van der Waals surface area (Å²) in [6.07, 6.45) is 5.91. The van der Waals surface area contributed by atoms with Crippen molar-refractivity contribution >= 4 is 11.6 Å². The van der Waals surface area contributed by atoms with Crippen LogP contribution >= 0.6 is 0 Å². The highest BCUT2D eigenvalue weighted by atomic mass is 19.1. The van der Waals surface area contributed by atoms with Gasteiger partial charge in [0, 0.05) is 29.9 Å². The third kappa shape index (κ3) is 4.38. The minimum atomic E-state index is -0.596. The zero-order valence-electron chi connectivity index (χ0n) is 18.8. The largest absolute Gasteiger partial charge is 0.497 e. The van der Waals surface area contributed by atoms with Gasteiger partial charge in [-0.25, -0.2) is 14.2 Å². The molecule has 174 valence electrons. The molecule has 7 heteroatoms. The molecule has 1 aromatic heterocycles. The molecule has 1 N–H and O–H groups in total. The number of carbonyl (C=O) groups excluding carboxylic acids is 1. The first-order valence-corrected chi connectivity index (χ1v) is 11.3. The van der Waals surface area contributed by atoms with E-state index in [-0.39, 0.29) is 23.9 Å². The van der Waals surface area contributed by atoms with Gasteiger partial charge in [0.25, 0.3) is 0 Å². The van der Waals surface area contributed by atoms with Crippen molar-refractivity contribution in [3.63, 3.8) is 0 Å². The number of pyridine rings is 1. The summed E-state index contributed by atoms with van der Waals surface area (Å²) in [6.45, 7) is 0.445. The topological polar surface area (TPSA) is 54.5 Å². The van der Waals surface area contributed by atoms with E-state index in [4.69, 9.17) is 4.74 Å². The van der Waals surface area contributed by atoms with Crippen molar-refractivity contribution in [3.05, 3.63) is 89.8 Å². The van der Waals surface area contributed by atoms with E-state index in [0.717, 1.165) is 35.3 Å². The SMILES string of the molecule is COc1ccc(CNC(=O)N2C3C=C(c4ccc(-c5ccc(F)nc5)c(F)c4)CC2CC3)cc1. The van der Waals surface area contributed by atoms with E-state index < -0.39 is 5.95 Å². The Morgan fingerprint density at radius 1 is 1.09 bits per heavy atom. The van der Waals surface area contributed by atoms with Crippen LogP contribution in [0.1, 0.15) is 30.4 Å². The molecule has 0 saturated carbocycles. The lowest BCUT2D eigenvalue weighted by atomic mass is 9.93. The van der Waals surface area contributed by atoms with Crippen LogP contribution in [0, 0.1) is 11.8 Å². The maximum Gasteiger partial charge on any atom is 0.318 e. The van der Waals surface area contributed by atoms with Crippen LogP contribution in [0.5, 0.6) is 5.75 Å². The van der Waals surface area contributed by atoms with E-state index in [1.807, 2.05) is 35.2 Å². The molecule has 3 aromatic rings. The van der Waals surface area contributed by atoms with Crippen LogP contribution in [-0.4, -0.2) is 35.1 Å². The molecule has 2 aliphatic rings. The number of hydrogen-bond donors (Lipinski definition) is 1. The minimum Gasteiger partial charge on any atom is -0.497 e. The van der Waals surface area contributed by atoms with Gasteiger partial charge in [0.1, 0.15) is 11.6 Å². The lowest BCUT2D eigenvalue weighted by Crippen LogP contribution is -2.48. The monoisotopic (exact) mass is 461 g/mol. The van der Waals surface area contributed by atoms with E-state index in [1.54, 1.807) is 13.2 Å². The fourth-order valence-corrected chi connectivity index (χ4v) is 4.86. The number of amides is 2. The summed E-state index contributed by atoms with van der Waals surface area (Å²) in [4.78, 5) is 18.5. The average molecular weight is 462 g/mol. The predicted octanol–water partition coefficient (Wildman–Crippen LogP) is 5.57. The summed E-state index contributed by atoms with van der Waals surface area (Å²) in [6, 6.07) is 15.5. The molecule has 1 fully saturated rings. The second-order valence-corrected chi connectivity index (χ2v) is 8.67. The summed E-state index contributed by atoms with van der Waals surface area (Å²) in [7, 11) is 1.62. The average Bonchev–Trinajstić information content (AvgIpc) is 3.12. The Balaban J connectivity index is 1.28. The highest BCUT2D eigenvalue weighted by Gasteiger charge is 2.39. The smallest absolute Gasteiger partial charge is 0.318 e. The van der Waals surface area contributed by atoms with Crippen LogP contribution in [0.25, 0.3) is 16.7 Å². The third-order valence-corrected chi connectivity index (χ3v) is 6.61. The summed E-state index contributed by atoms with van der Waals surface area (Å²) in [5, 5.41) is 3.02. The fraction of sp³-hybridized carbons (Fsp3) is 0.259. The normalized spacial score (nSPS) is 19.0. The second kappa shape index (κ2) is 9.25. The van der Waals surface area contributed by atoms with Gasteiger partial charge in [-0.2, -0.15) is 4.39 Å². The molecule has 34 heavy (non-hydrogen) atoms. The van der Waals surface area contributed by atoms with Crippen LogP contribution in [-0.2, 0) is 6.54 Å². The quantitative estimate of drug-likeness (QED) is 0.506. The van der Waals surface area contributed by atoms with Crippen molar-refractivity contribution in [1.29, 1.82) is 0 Å². The standard InChI is InChI=1S/C27H25F2N3O2/c1-34-23-8-2-17(3-9-23)15-31-27(33)32-21-6-7-22(32)13-20(12-21)18-4-10-24(25(28)14-18)19-5-11-26(29)30-16-19/h2-5,8-12,14,16,21-22H,6-7,13,15H2,1H3,(H,31,33). The zero-order valence-corrected chi connectivity index (χ0v) is 18.8. The number of fused-ring (bicyclic) bond motifs is 2. The van der Waals surface area contributed by atoms with Gasteiger partial charge in [0.2, 0.25) is 5.95 Å². The van der Waals surface area contributed by atoms with Crippen molar-refractivity contribution in [2.24, 2.45) is 0 Å². The van der Waals surface area contributed by atoms with Crippen LogP contribution < -0.4 is 10.1 Å². The number of methoxy groups -OCH3 is 1. The molecule has 3 heterocycles. The lowest BCUT2D eigenvalue weighted by molar-refractivity contribution is 0.179. The van der Waals surface area contributed by atoms with Crippen LogP contribution in [0.3, 0.4) is 0 Å². The molecule has 2 bridgehead atoms. The zero-order chi connectivity index (χ0) is 23.7. The molecule has 2 amide bonds. The second-order valence-electron chi connectivity index (χ2n) is 8.67. The Morgan fingerprint density at radius 2 is 1.88 bits per heavy atom. The number of nitrogens with one attached hydrogen (secondary N) is 1. The van der Waals surface area contributed by atoms with Crippen LogP contribution in [0.4, 0.5) is 13.6 Å². The van der Waals surface area contributed by atoms with Gasteiger partial charge in [-0.3, -0.25) is 0 Å². The molecule has 2 aromatic carbocycles. The number of urea groups is 1. The number of hydrogen-bond acceptors (Lipinski definition) is 3. The highest BCUT2D eigenvalue weighted by Crippen LogP contribution is 2.39. The molecule has 0 spiro atoms. The molecule has 0 aliphatic carbocycles. The van der Waals surface area contributed by atoms with Crippen molar-refractivity contribution < 1.29 is 18.3 Å². The van der Waals surface area contributed by atoms with Gasteiger partial charge in [-0.05, 0) is 66.3 Å². The van der Waals surface area contributed by atoms with Gasteiger partial charge < -0.3 is 15.0 Å². The van der Waals surface area contributed by atoms with Crippen LogP contribution in [0.15, 0.2) is 66.9 Å². The van der Waals surface area contributed by atoms with E-state index in [0.29, 0.717) is 24.1 Å². The van der Waals surface area contributed by atoms with Crippen molar-refractivity contribution in [2.75, 3.05) is 7.11 Å². The fourth-order valence-electron chi connectivity index (χ4n) is 4.86. The van der Waals surface area contributed by atoms with E-state index in [2.05, 4.69) is 16.4 Å². The van der Waals surface area contributed by atoms with Crippen molar-refractivity contribution in [3.8, 4) is 16.9 Å². The van der Waals surface area contributed by atoms with E-state index >= 15 is 0 Å². The lowest BCUT2D eigenvalue weighted by Gasteiger charge is -2.34. The molecule has 5 nitrogen and oxygen atoms in total. The number of ether oxygens (including phenoxy) is 1. The molecular weight excluding hydrogens is 436 g/mol. The van der Waals surface area contributed by atoms with E-state index in [9.17, 15) is 13.6 Å². The van der Waals surface area contributed by atoms with Gasteiger partial charge in [-0.15, -0.1) is 0 Å². The first-order chi connectivity index (χ1) is 16.5. The molecule has 2 unspecified atom stereocenters. The van der Waals surface area contributed by atoms with Gasteiger partial charge in [0.15, 0.2) is 0 Å². The number of halogens is 2. The number of aromatic nitrogens is 1. The predicted molar refractivity (Wildman–Crippen MR) is 126 cm³/mol. The summed E-state index contributed by atoms with van der Waals surface area (Å²) >= 11 is 0. The Kier molecular flexibility index (Phi) is 6.01. The number of rotatable bonds is 5. The first kappa shape index (κ1) is 22.1. The summed E-state index contributed by atoms with van der Waals surface area (Å²) in [5.41, 5.74) is 3.78. The van der Waals surface area contributed by atoms with Gasteiger partial charge >= 0.3 is 6.03 Å². The first-order valence-electron chi connectivity index (χ1n) is 11.3. The van der Waals surface area contributed by atoms with Crippen molar-refractivity contribution in [1.82, 2.24) is 15.2 Å². The van der Waals surface area contributed by atoms with Gasteiger partial charge in [0.05, 0.1) is 13.2 Å². The Bertz CT molecular complexity index is 1230. The maximum atomic E-state index is 14.9. The number of benzene rings is 2. The summed E-state index contributed by atoms with van der Waals surface area (Å²) in [5.74, 6) is -0.194. The Labute approximate surface area is 197 Å². The van der Waals surface area contributed by atoms with Gasteiger partial charge in [-0.1, -0.05) is 30.3 Å². The molecule has 5 rings (SSSR count). The Morgan fingerprint density at radius 3 is 2.56 bits per heavy atom. The highest BCUT2D eigenvalue weighted by molar-refractivity contribution is 5.79. The van der Waals surface area contributed by atoms with Crippen LogP contribution in [0.2, 0.25) is 0 Å². The van der Waals surface area contributed by atoms with E-state index in [1.165, 1.54) is 24.4 Å². The molecule has 1 saturated heterocycles. The number of nitrogens with zero attached hydrogens (tertiary/aromatic N) is 2. The number of carbonyl (C=O) groups is 1. The Hall–Kier alpha value is -3.74. The molecular formula is C27H25F2N3O2. The maximum absolute atomic E-state index is 14.9. The minimum absolute atomic E-state index is 0.00588. The van der Waals surface area contributed by atoms with Crippen molar-refractivity contribution in [2.45, 2.75) is 37.9 Å².